The third-order valence-electron chi connectivity index (χ3n) is 2.41. The van der Waals surface area contributed by atoms with Crippen LogP contribution >= 0.6 is 27.5 Å². The van der Waals surface area contributed by atoms with Crippen LogP contribution < -0.4 is 0 Å². The Kier molecular flexibility index (Phi) is 5.13. The van der Waals surface area contributed by atoms with Crippen molar-refractivity contribution in [3.63, 3.8) is 0 Å². The third kappa shape index (κ3) is 3.49. The van der Waals surface area contributed by atoms with E-state index in [1.54, 1.807) is 0 Å². The summed E-state index contributed by atoms with van der Waals surface area (Å²) in [6.45, 7) is 7.37. The average molecular weight is 294 g/mol. The number of nitrogens with zero attached hydrogens (tertiary/aromatic N) is 2. The van der Waals surface area contributed by atoms with Gasteiger partial charge in [0.05, 0.1) is 16.4 Å². The van der Waals surface area contributed by atoms with E-state index in [1.807, 2.05) is 13.1 Å². The molecule has 4 heteroatoms. The SMILES string of the molecule is CCCn1ncc(Br)c1C(C)CC(C)Cl. The highest BCUT2D eigenvalue weighted by molar-refractivity contribution is 9.10. The Balaban J connectivity index is 2.85. The molecule has 86 valence electrons. The number of aryl methyl sites for hydroxylation is 1. The highest BCUT2D eigenvalue weighted by atomic mass is 79.9. The van der Waals surface area contributed by atoms with Crippen LogP contribution in [0.4, 0.5) is 0 Å². The van der Waals surface area contributed by atoms with Crippen LogP contribution in [-0.4, -0.2) is 15.2 Å². The van der Waals surface area contributed by atoms with Crippen LogP contribution in [0.25, 0.3) is 0 Å². The minimum Gasteiger partial charge on any atom is -0.268 e. The fraction of sp³-hybridized carbons (Fsp3) is 0.727. The summed E-state index contributed by atoms with van der Waals surface area (Å²) in [5, 5.41) is 4.57. The maximum absolute atomic E-state index is 6.03. The number of halogens is 2. The fourth-order valence-corrected chi connectivity index (χ4v) is 2.80. The molecule has 0 aromatic carbocycles. The maximum atomic E-state index is 6.03. The molecule has 2 nitrogen and oxygen atoms in total. The van der Waals surface area contributed by atoms with Gasteiger partial charge in [0.2, 0.25) is 0 Å². The second kappa shape index (κ2) is 5.90. The molecule has 0 fully saturated rings. The predicted molar refractivity (Wildman–Crippen MR) is 68.6 cm³/mol. The molecule has 1 aromatic rings. The van der Waals surface area contributed by atoms with E-state index in [9.17, 15) is 0 Å². The molecule has 2 unspecified atom stereocenters. The smallest absolute Gasteiger partial charge is 0.0635 e. The van der Waals surface area contributed by atoms with E-state index in [-0.39, 0.29) is 5.38 Å². The zero-order valence-electron chi connectivity index (χ0n) is 9.50. The highest BCUT2D eigenvalue weighted by Gasteiger charge is 2.17. The summed E-state index contributed by atoms with van der Waals surface area (Å²) in [6.07, 6.45) is 3.96. The molecule has 0 N–H and O–H groups in total. The Morgan fingerprint density at radius 1 is 1.53 bits per heavy atom. The number of hydrogen-bond acceptors (Lipinski definition) is 1. The van der Waals surface area contributed by atoms with E-state index in [1.165, 1.54) is 5.69 Å². The van der Waals surface area contributed by atoms with Gasteiger partial charge in [-0.1, -0.05) is 13.8 Å². The van der Waals surface area contributed by atoms with Crippen LogP contribution in [-0.2, 0) is 6.54 Å². The highest BCUT2D eigenvalue weighted by Crippen LogP contribution is 2.29. The summed E-state index contributed by atoms with van der Waals surface area (Å²) in [7, 11) is 0. The first-order valence-electron chi connectivity index (χ1n) is 5.41. The standard InChI is InChI=1S/C11H18BrClN2/c1-4-5-15-11(10(12)7-14-15)8(2)6-9(3)13/h7-9H,4-6H2,1-3H3. The summed E-state index contributed by atoms with van der Waals surface area (Å²) >= 11 is 9.58. The lowest BCUT2D eigenvalue weighted by atomic mass is 10.0. The third-order valence-corrected chi connectivity index (χ3v) is 3.20. The molecule has 0 aliphatic carbocycles. The maximum Gasteiger partial charge on any atom is 0.0635 e. The molecule has 0 saturated heterocycles. The van der Waals surface area contributed by atoms with Gasteiger partial charge in [0.1, 0.15) is 0 Å². The Morgan fingerprint density at radius 3 is 2.73 bits per heavy atom. The van der Waals surface area contributed by atoms with E-state index < -0.39 is 0 Å². The molecule has 15 heavy (non-hydrogen) atoms. The second-order valence-corrected chi connectivity index (χ2v) is 5.62. The Labute approximate surface area is 105 Å². The van der Waals surface area contributed by atoms with Crippen molar-refractivity contribution in [3.8, 4) is 0 Å². The second-order valence-electron chi connectivity index (χ2n) is 4.02. The molecule has 2 atom stereocenters. The molecule has 0 amide bonds. The molecule has 0 bridgehead atoms. The first-order chi connectivity index (χ1) is 7.06. The van der Waals surface area contributed by atoms with Gasteiger partial charge in [0.15, 0.2) is 0 Å². The molecule has 0 radical (unpaired) electrons. The summed E-state index contributed by atoms with van der Waals surface area (Å²) in [5.41, 5.74) is 1.27. The fourth-order valence-electron chi connectivity index (χ4n) is 1.85. The lowest BCUT2D eigenvalue weighted by molar-refractivity contribution is 0.530. The summed E-state index contributed by atoms with van der Waals surface area (Å²) in [5.74, 6) is 0.445. The van der Waals surface area contributed by atoms with Gasteiger partial charge < -0.3 is 0 Å². The van der Waals surface area contributed by atoms with Crippen molar-refractivity contribution in [1.29, 1.82) is 0 Å². The summed E-state index contributed by atoms with van der Waals surface area (Å²) < 4.78 is 3.18. The van der Waals surface area contributed by atoms with Crippen LogP contribution in [0.3, 0.4) is 0 Å². The monoisotopic (exact) mass is 292 g/mol. The van der Waals surface area contributed by atoms with Crippen molar-refractivity contribution in [2.45, 2.75) is 51.5 Å². The molecule has 0 aliphatic heterocycles. The van der Waals surface area contributed by atoms with Crippen LogP contribution in [0.5, 0.6) is 0 Å². The van der Waals surface area contributed by atoms with Crippen molar-refractivity contribution >= 4 is 27.5 Å². The Morgan fingerprint density at radius 2 is 2.20 bits per heavy atom. The van der Waals surface area contributed by atoms with E-state index in [4.69, 9.17) is 11.6 Å². The van der Waals surface area contributed by atoms with E-state index in [2.05, 4.69) is 39.6 Å². The topological polar surface area (TPSA) is 17.8 Å². The lowest BCUT2D eigenvalue weighted by Crippen LogP contribution is -2.10. The van der Waals surface area contributed by atoms with Crippen molar-refractivity contribution in [3.05, 3.63) is 16.4 Å². The van der Waals surface area contributed by atoms with Gasteiger partial charge in [-0.2, -0.15) is 5.10 Å². The van der Waals surface area contributed by atoms with E-state index in [0.717, 1.165) is 23.9 Å². The molecule has 1 heterocycles. The quantitative estimate of drug-likeness (QED) is 0.745. The zero-order valence-corrected chi connectivity index (χ0v) is 11.8. The number of alkyl halides is 1. The number of hydrogen-bond donors (Lipinski definition) is 0. The normalized spacial score (nSPS) is 15.3. The zero-order chi connectivity index (χ0) is 11.4. The molecule has 0 aliphatic rings. The van der Waals surface area contributed by atoms with E-state index in [0.29, 0.717) is 5.92 Å². The van der Waals surface area contributed by atoms with Crippen molar-refractivity contribution < 1.29 is 0 Å². The Hall–Kier alpha value is -0.0200. The van der Waals surface area contributed by atoms with Gasteiger partial charge in [-0.25, -0.2) is 0 Å². The summed E-state index contributed by atoms with van der Waals surface area (Å²) in [4.78, 5) is 0. The molecule has 1 rings (SSSR count). The van der Waals surface area contributed by atoms with Crippen LogP contribution in [0.1, 0.15) is 45.2 Å². The summed E-state index contributed by atoms with van der Waals surface area (Å²) in [6, 6.07) is 0. The van der Waals surface area contributed by atoms with E-state index >= 15 is 0 Å². The Bertz CT molecular complexity index is 310. The molecular formula is C11H18BrClN2. The molecule has 0 spiro atoms. The van der Waals surface area contributed by atoms with Gasteiger partial charge in [-0.15, -0.1) is 11.6 Å². The average Bonchev–Trinajstić information content (AvgIpc) is 2.46. The van der Waals surface area contributed by atoms with Crippen LogP contribution in [0.15, 0.2) is 10.7 Å². The van der Waals surface area contributed by atoms with Gasteiger partial charge in [-0.3, -0.25) is 4.68 Å². The van der Waals surface area contributed by atoms with Gasteiger partial charge in [0, 0.05) is 17.8 Å². The number of aromatic nitrogens is 2. The minimum atomic E-state index is 0.205. The van der Waals surface area contributed by atoms with Gasteiger partial charge in [0.25, 0.3) is 0 Å². The van der Waals surface area contributed by atoms with Crippen molar-refractivity contribution in [2.75, 3.05) is 0 Å². The van der Waals surface area contributed by atoms with Gasteiger partial charge in [-0.05, 0) is 35.7 Å². The van der Waals surface area contributed by atoms with Gasteiger partial charge >= 0.3 is 0 Å². The first kappa shape index (κ1) is 13.0. The first-order valence-corrected chi connectivity index (χ1v) is 6.64. The minimum absolute atomic E-state index is 0.205. The molecule has 0 saturated carbocycles. The van der Waals surface area contributed by atoms with Crippen molar-refractivity contribution in [1.82, 2.24) is 9.78 Å². The van der Waals surface area contributed by atoms with Crippen LogP contribution in [0, 0.1) is 0 Å². The lowest BCUT2D eigenvalue weighted by Gasteiger charge is -2.15. The van der Waals surface area contributed by atoms with Crippen LogP contribution in [0.2, 0.25) is 0 Å². The molecular weight excluding hydrogens is 275 g/mol. The predicted octanol–water partition coefficient (Wildman–Crippen LogP) is 4.18. The van der Waals surface area contributed by atoms with Crippen molar-refractivity contribution in [2.24, 2.45) is 0 Å². The largest absolute Gasteiger partial charge is 0.268 e. The number of rotatable bonds is 5. The molecule has 1 aromatic heterocycles.